The number of nitrogens with zero attached hydrogens (tertiary/aromatic N) is 3. The second-order valence-corrected chi connectivity index (χ2v) is 7.36. The Balaban J connectivity index is 1.53. The first kappa shape index (κ1) is 16.3. The first-order valence-corrected chi connectivity index (χ1v) is 9.19. The molecule has 0 saturated heterocycles. The van der Waals surface area contributed by atoms with E-state index in [0.717, 1.165) is 37.7 Å². The average Bonchev–Trinajstić information content (AvgIpc) is 3.20. The average molecular weight is 317 g/mol. The molecule has 1 saturated carbocycles. The molecule has 2 N–H and O–H groups in total. The van der Waals surface area contributed by atoms with Crippen molar-refractivity contribution < 1.29 is 0 Å². The third kappa shape index (κ3) is 4.06. The highest BCUT2D eigenvalue weighted by Crippen LogP contribution is 2.24. The Morgan fingerprint density at radius 1 is 1.35 bits per heavy atom. The Labute approximate surface area is 139 Å². The zero-order valence-electron chi connectivity index (χ0n) is 14.8. The molecular weight excluding hydrogens is 286 g/mol. The van der Waals surface area contributed by atoms with Crippen LogP contribution in [0.25, 0.3) is 0 Å². The lowest BCUT2D eigenvalue weighted by molar-refractivity contribution is 0.490. The van der Waals surface area contributed by atoms with Crippen LogP contribution in [0.1, 0.15) is 63.3 Å². The maximum atomic E-state index is 4.76. The monoisotopic (exact) mass is 317 g/mol. The van der Waals surface area contributed by atoms with E-state index in [1.807, 2.05) is 7.05 Å². The third-order valence-corrected chi connectivity index (χ3v) is 5.22. The highest BCUT2D eigenvalue weighted by Gasteiger charge is 2.23. The molecule has 1 unspecified atom stereocenters. The van der Waals surface area contributed by atoms with E-state index >= 15 is 0 Å². The Hall–Kier alpha value is -1.52. The van der Waals surface area contributed by atoms with Crippen LogP contribution in [-0.4, -0.2) is 35.4 Å². The molecule has 0 radical (unpaired) electrons. The van der Waals surface area contributed by atoms with E-state index in [2.05, 4.69) is 40.4 Å². The van der Waals surface area contributed by atoms with E-state index in [1.165, 1.54) is 36.9 Å². The second-order valence-electron chi connectivity index (χ2n) is 7.36. The number of guanidine groups is 1. The van der Waals surface area contributed by atoms with Gasteiger partial charge in [0.05, 0.1) is 5.69 Å². The lowest BCUT2D eigenvalue weighted by atomic mass is 9.94. The quantitative estimate of drug-likeness (QED) is 0.663. The van der Waals surface area contributed by atoms with Crippen molar-refractivity contribution >= 4 is 5.96 Å². The van der Waals surface area contributed by atoms with Crippen LogP contribution in [0.4, 0.5) is 0 Å². The Kier molecular flexibility index (Phi) is 5.23. The second kappa shape index (κ2) is 7.37. The topological polar surface area (TPSA) is 54.2 Å². The lowest BCUT2D eigenvalue weighted by Crippen LogP contribution is -2.46. The molecule has 128 valence electrons. The zero-order chi connectivity index (χ0) is 16.2. The Morgan fingerprint density at radius 2 is 2.13 bits per heavy atom. The number of hydrogen-bond donors (Lipinski definition) is 2. The normalized spacial score (nSPS) is 22.4. The lowest BCUT2D eigenvalue weighted by Gasteiger charge is -2.25. The minimum Gasteiger partial charge on any atom is -0.356 e. The summed E-state index contributed by atoms with van der Waals surface area (Å²) in [5.74, 6) is 1.78. The molecular formula is C18H31N5. The summed E-state index contributed by atoms with van der Waals surface area (Å²) in [6, 6.07) is 0.876. The van der Waals surface area contributed by atoms with Crippen LogP contribution in [0.15, 0.2) is 11.2 Å². The van der Waals surface area contributed by atoms with E-state index < -0.39 is 0 Å². The van der Waals surface area contributed by atoms with Crippen molar-refractivity contribution in [2.75, 3.05) is 13.6 Å². The molecule has 0 amide bonds. The molecule has 1 fully saturated rings. The summed E-state index contributed by atoms with van der Waals surface area (Å²) in [4.78, 5) is 4.40. The van der Waals surface area contributed by atoms with Crippen LogP contribution < -0.4 is 10.6 Å². The molecule has 2 aliphatic rings. The predicted octanol–water partition coefficient (Wildman–Crippen LogP) is 2.68. The molecule has 5 nitrogen and oxygen atoms in total. The van der Waals surface area contributed by atoms with Crippen molar-refractivity contribution in [1.82, 2.24) is 20.4 Å². The van der Waals surface area contributed by atoms with Crippen LogP contribution in [0.3, 0.4) is 0 Å². The van der Waals surface area contributed by atoms with E-state index in [-0.39, 0.29) is 0 Å². The van der Waals surface area contributed by atoms with Gasteiger partial charge in [0.1, 0.15) is 0 Å². The van der Waals surface area contributed by atoms with Gasteiger partial charge in [0, 0.05) is 38.3 Å². The number of fused-ring (bicyclic) bond motifs is 1. The third-order valence-electron chi connectivity index (χ3n) is 5.22. The first-order chi connectivity index (χ1) is 11.2. The molecule has 1 heterocycles. The molecule has 0 aromatic carbocycles. The van der Waals surface area contributed by atoms with Crippen molar-refractivity contribution in [2.24, 2.45) is 10.9 Å². The maximum Gasteiger partial charge on any atom is 0.191 e. The summed E-state index contributed by atoms with van der Waals surface area (Å²) in [6.07, 6.45) is 11.0. The summed E-state index contributed by atoms with van der Waals surface area (Å²) in [5.41, 5.74) is 2.68. The molecule has 0 spiro atoms. The number of rotatable bonds is 4. The van der Waals surface area contributed by atoms with Gasteiger partial charge in [-0.3, -0.25) is 9.67 Å². The Bertz CT molecular complexity index is 540. The summed E-state index contributed by atoms with van der Waals surface area (Å²) < 4.78 is 2.10. The largest absolute Gasteiger partial charge is 0.356 e. The molecule has 5 heteroatoms. The minimum absolute atomic E-state index is 0.438. The van der Waals surface area contributed by atoms with Crippen LogP contribution in [-0.2, 0) is 12.8 Å². The fraction of sp³-hybridized carbons (Fsp3) is 0.778. The highest BCUT2D eigenvalue weighted by atomic mass is 15.3. The van der Waals surface area contributed by atoms with Crippen molar-refractivity contribution in [2.45, 2.75) is 70.9 Å². The first-order valence-electron chi connectivity index (χ1n) is 9.19. The van der Waals surface area contributed by atoms with Gasteiger partial charge in [-0.15, -0.1) is 0 Å². The molecule has 1 atom stereocenters. The Morgan fingerprint density at radius 3 is 2.83 bits per heavy atom. The van der Waals surface area contributed by atoms with Gasteiger partial charge in [0.25, 0.3) is 0 Å². The zero-order valence-corrected chi connectivity index (χ0v) is 14.8. The number of aliphatic imine (C=N–C) groups is 1. The molecule has 23 heavy (non-hydrogen) atoms. The standard InChI is InChI=1S/C18H31N5/c1-13(2)23-12-15-8-9-16(10-17(15)22-23)21-18(19-3)20-11-14-6-4-5-7-14/h12-14,16H,4-11H2,1-3H3,(H2,19,20,21). The van der Waals surface area contributed by atoms with E-state index in [0.29, 0.717) is 12.1 Å². The van der Waals surface area contributed by atoms with Crippen LogP contribution in [0.5, 0.6) is 0 Å². The van der Waals surface area contributed by atoms with Gasteiger partial charge in [-0.05, 0) is 51.0 Å². The van der Waals surface area contributed by atoms with Crippen molar-refractivity contribution in [3.63, 3.8) is 0 Å². The van der Waals surface area contributed by atoms with Crippen molar-refractivity contribution in [1.29, 1.82) is 0 Å². The van der Waals surface area contributed by atoms with Gasteiger partial charge in [-0.25, -0.2) is 0 Å². The van der Waals surface area contributed by atoms with Crippen molar-refractivity contribution in [3.8, 4) is 0 Å². The summed E-state index contributed by atoms with van der Waals surface area (Å²) in [6.45, 7) is 5.42. The number of aryl methyl sites for hydroxylation is 1. The maximum absolute atomic E-state index is 4.76. The number of hydrogen-bond acceptors (Lipinski definition) is 2. The highest BCUT2D eigenvalue weighted by molar-refractivity contribution is 5.80. The van der Waals surface area contributed by atoms with E-state index in [4.69, 9.17) is 5.10 Å². The number of nitrogens with one attached hydrogen (secondary N) is 2. The van der Waals surface area contributed by atoms with Gasteiger partial charge in [0.2, 0.25) is 0 Å². The van der Waals surface area contributed by atoms with Crippen LogP contribution in [0.2, 0.25) is 0 Å². The van der Waals surface area contributed by atoms with Crippen LogP contribution >= 0.6 is 0 Å². The molecule has 0 bridgehead atoms. The van der Waals surface area contributed by atoms with Crippen molar-refractivity contribution in [3.05, 3.63) is 17.5 Å². The SMILES string of the molecule is CN=C(NCC1CCCC1)NC1CCc2cn(C(C)C)nc2C1. The summed E-state index contributed by atoms with van der Waals surface area (Å²) in [7, 11) is 1.87. The van der Waals surface area contributed by atoms with Gasteiger partial charge in [-0.2, -0.15) is 5.10 Å². The van der Waals surface area contributed by atoms with Crippen LogP contribution in [0, 0.1) is 5.92 Å². The van der Waals surface area contributed by atoms with Gasteiger partial charge < -0.3 is 10.6 Å². The minimum atomic E-state index is 0.438. The molecule has 2 aliphatic carbocycles. The predicted molar refractivity (Wildman–Crippen MR) is 94.9 cm³/mol. The fourth-order valence-corrected chi connectivity index (χ4v) is 3.74. The smallest absolute Gasteiger partial charge is 0.191 e. The van der Waals surface area contributed by atoms with Gasteiger partial charge in [0.15, 0.2) is 5.96 Å². The van der Waals surface area contributed by atoms with Gasteiger partial charge >= 0.3 is 0 Å². The summed E-state index contributed by atoms with van der Waals surface area (Å²) >= 11 is 0. The molecule has 3 rings (SSSR count). The fourth-order valence-electron chi connectivity index (χ4n) is 3.74. The van der Waals surface area contributed by atoms with E-state index in [1.54, 1.807) is 0 Å². The summed E-state index contributed by atoms with van der Waals surface area (Å²) in [5, 5.41) is 11.9. The van der Waals surface area contributed by atoms with Gasteiger partial charge in [-0.1, -0.05) is 12.8 Å². The molecule has 0 aliphatic heterocycles. The number of aromatic nitrogens is 2. The molecule has 1 aromatic rings. The van der Waals surface area contributed by atoms with E-state index in [9.17, 15) is 0 Å². The molecule has 1 aromatic heterocycles.